The highest BCUT2D eigenvalue weighted by Crippen LogP contribution is 2.16. The number of anilines is 1. The van der Waals surface area contributed by atoms with Gasteiger partial charge >= 0.3 is 0 Å². The maximum atomic E-state index is 12.4. The number of ether oxygens (including phenoxy) is 1. The number of carbonyl (C=O) groups excluding carboxylic acids is 1. The number of carbonyl (C=O) groups is 1. The number of aromatic nitrogens is 2. The molecule has 32 heavy (non-hydrogen) atoms. The van der Waals surface area contributed by atoms with Crippen LogP contribution in [0, 0.1) is 6.92 Å². The Bertz CT molecular complexity index is 1170. The van der Waals surface area contributed by atoms with E-state index in [9.17, 15) is 4.79 Å². The van der Waals surface area contributed by atoms with E-state index >= 15 is 0 Å². The average molecular weight is 429 g/mol. The number of aryl methyl sites for hydroxylation is 1. The van der Waals surface area contributed by atoms with Crippen molar-refractivity contribution in [3.8, 4) is 5.75 Å². The molecule has 6 heteroatoms. The topological polar surface area (TPSA) is 58.9 Å². The molecule has 4 aromatic rings. The highest BCUT2D eigenvalue weighted by molar-refractivity contribution is 5.94. The second-order valence-electron chi connectivity index (χ2n) is 7.83. The molecular weight excluding hydrogens is 400 g/mol. The SMILES string of the molecule is Cc1cccn2cc(COc3ccc(C(=O)NCCCN(C)c4ccccc4)cc3)nc12. The van der Waals surface area contributed by atoms with Crippen molar-refractivity contribution in [2.24, 2.45) is 0 Å². The zero-order valence-electron chi connectivity index (χ0n) is 18.5. The zero-order chi connectivity index (χ0) is 22.3. The summed E-state index contributed by atoms with van der Waals surface area (Å²) in [6.07, 6.45) is 4.82. The summed E-state index contributed by atoms with van der Waals surface area (Å²) in [5.74, 6) is 0.634. The predicted octanol–water partition coefficient (Wildman–Crippen LogP) is 4.48. The van der Waals surface area contributed by atoms with Crippen molar-refractivity contribution in [2.45, 2.75) is 20.0 Å². The number of amides is 1. The normalized spacial score (nSPS) is 10.8. The molecule has 0 saturated carbocycles. The van der Waals surface area contributed by atoms with E-state index in [0.717, 1.165) is 29.9 Å². The Morgan fingerprint density at radius 1 is 1.06 bits per heavy atom. The van der Waals surface area contributed by atoms with Gasteiger partial charge in [0.2, 0.25) is 0 Å². The molecule has 4 rings (SSSR count). The monoisotopic (exact) mass is 428 g/mol. The van der Waals surface area contributed by atoms with E-state index in [-0.39, 0.29) is 5.91 Å². The van der Waals surface area contributed by atoms with Crippen LogP contribution in [0.1, 0.15) is 28.0 Å². The lowest BCUT2D eigenvalue weighted by Crippen LogP contribution is -2.28. The molecule has 0 aliphatic carbocycles. The van der Waals surface area contributed by atoms with Crippen LogP contribution in [0.15, 0.2) is 79.1 Å². The third-order valence-electron chi connectivity index (χ3n) is 5.38. The van der Waals surface area contributed by atoms with E-state index in [2.05, 4.69) is 34.4 Å². The highest BCUT2D eigenvalue weighted by atomic mass is 16.5. The molecule has 0 radical (unpaired) electrons. The van der Waals surface area contributed by atoms with Gasteiger partial charge in [-0.2, -0.15) is 0 Å². The van der Waals surface area contributed by atoms with Crippen molar-refractivity contribution >= 4 is 17.2 Å². The maximum Gasteiger partial charge on any atom is 0.251 e. The van der Waals surface area contributed by atoms with E-state index < -0.39 is 0 Å². The minimum Gasteiger partial charge on any atom is -0.487 e. The Morgan fingerprint density at radius 3 is 2.59 bits per heavy atom. The van der Waals surface area contributed by atoms with Gasteiger partial charge in [0.1, 0.15) is 18.0 Å². The summed E-state index contributed by atoms with van der Waals surface area (Å²) in [6.45, 7) is 3.92. The first-order valence-corrected chi connectivity index (χ1v) is 10.8. The van der Waals surface area contributed by atoms with Crippen LogP contribution in [0.4, 0.5) is 5.69 Å². The average Bonchev–Trinajstić information content (AvgIpc) is 3.26. The molecule has 1 amide bonds. The van der Waals surface area contributed by atoms with Crippen molar-refractivity contribution in [3.05, 3.63) is 95.9 Å². The van der Waals surface area contributed by atoms with Crippen LogP contribution in [-0.2, 0) is 6.61 Å². The van der Waals surface area contributed by atoms with Crippen molar-refractivity contribution in [2.75, 3.05) is 25.0 Å². The lowest BCUT2D eigenvalue weighted by atomic mass is 10.2. The summed E-state index contributed by atoms with van der Waals surface area (Å²) >= 11 is 0. The molecule has 6 nitrogen and oxygen atoms in total. The van der Waals surface area contributed by atoms with E-state index in [1.807, 2.05) is 66.2 Å². The lowest BCUT2D eigenvalue weighted by molar-refractivity contribution is 0.0953. The molecule has 164 valence electrons. The van der Waals surface area contributed by atoms with Crippen molar-refractivity contribution < 1.29 is 9.53 Å². The van der Waals surface area contributed by atoms with Crippen LogP contribution >= 0.6 is 0 Å². The number of hydrogen-bond acceptors (Lipinski definition) is 4. The van der Waals surface area contributed by atoms with E-state index in [4.69, 9.17) is 4.74 Å². The predicted molar refractivity (Wildman–Crippen MR) is 127 cm³/mol. The summed E-state index contributed by atoms with van der Waals surface area (Å²) < 4.78 is 7.85. The van der Waals surface area contributed by atoms with Gasteiger partial charge in [-0.15, -0.1) is 0 Å². The summed E-state index contributed by atoms with van der Waals surface area (Å²) in [4.78, 5) is 19.2. The van der Waals surface area contributed by atoms with Crippen LogP contribution < -0.4 is 15.0 Å². The number of para-hydroxylation sites is 1. The van der Waals surface area contributed by atoms with Crippen molar-refractivity contribution in [3.63, 3.8) is 0 Å². The van der Waals surface area contributed by atoms with Gasteiger partial charge in [-0.3, -0.25) is 4.79 Å². The highest BCUT2D eigenvalue weighted by Gasteiger charge is 2.08. The van der Waals surface area contributed by atoms with Crippen LogP contribution in [0.5, 0.6) is 5.75 Å². The third-order valence-corrected chi connectivity index (χ3v) is 5.38. The summed E-state index contributed by atoms with van der Waals surface area (Å²) in [7, 11) is 2.06. The number of rotatable bonds is 9. The molecule has 0 bridgehead atoms. The summed E-state index contributed by atoms with van der Waals surface area (Å²) in [5, 5.41) is 2.98. The van der Waals surface area contributed by atoms with Crippen LogP contribution in [0.2, 0.25) is 0 Å². The van der Waals surface area contributed by atoms with Gasteiger partial charge in [0.25, 0.3) is 5.91 Å². The minimum absolute atomic E-state index is 0.0743. The van der Waals surface area contributed by atoms with Gasteiger partial charge in [0.05, 0.1) is 5.69 Å². The molecule has 0 fully saturated rings. The number of pyridine rings is 1. The first kappa shape index (κ1) is 21.4. The van der Waals surface area contributed by atoms with E-state index in [1.165, 1.54) is 5.69 Å². The molecule has 0 unspecified atom stereocenters. The summed E-state index contributed by atoms with van der Waals surface area (Å²) in [6, 6.07) is 21.5. The van der Waals surface area contributed by atoms with E-state index in [0.29, 0.717) is 24.5 Å². The standard InChI is InChI=1S/C26H28N4O2/c1-20-8-6-17-30-18-22(28-25(20)30)19-32-24-13-11-21(12-14-24)26(31)27-15-7-16-29(2)23-9-4-3-5-10-23/h3-6,8-14,17-18H,7,15-16,19H2,1-2H3,(H,27,31). The van der Waals surface area contributed by atoms with Gasteiger partial charge in [-0.1, -0.05) is 24.3 Å². The van der Waals surface area contributed by atoms with Gasteiger partial charge in [-0.25, -0.2) is 4.98 Å². The smallest absolute Gasteiger partial charge is 0.251 e. The Balaban J connectivity index is 1.23. The number of benzene rings is 2. The van der Waals surface area contributed by atoms with Crippen LogP contribution in [0.25, 0.3) is 5.65 Å². The van der Waals surface area contributed by atoms with Gasteiger partial charge in [0, 0.05) is 43.8 Å². The van der Waals surface area contributed by atoms with Gasteiger partial charge in [-0.05, 0) is 61.4 Å². The first-order valence-electron chi connectivity index (χ1n) is 10.8. The molecule has 2 aromatic carbocycles. The van der Waals surface area contributed by atoms with Crippen molar-refractivity contribution in [1.29, 1.82) is 0 Å². The fourth-order valence-corrected chi connectivity index (χ4v) is 3.57. The summed E-state index contributed by atoms with van der Waals surface area (Å²) in [5.41, 5.74) is 4.72. The number of nitrogens with one attached hydrogen (secondary N) is 1. The lowest BCUT2D eigenvalue weighted by Gasteiger charge is -2.19. The fourth-order valence-electron chi connectivity index (χ4n) is 3.57. The molecule has 0 atom stereocenters. The molecule has 2 heterocycles. The second-order valence-corrected chi connectivity index (χ2v) is 7.83. The number of fused-ring (bicyclic) bond motifs is 1. The Kier molecular flexibility index (Phi) is 6.70. The Morgan fingerprint density at radius 2 is 1.84 bits per heavy atom. The van der Waals surface area contributed by atoms with Crippen molar-refractivity contribution in [1.82, 2.24) is 14.7 Å². The molecule has 1 N–H and O–H groups in total. The quantitative estimate of drug-likeness (QED) is 0.400. The van der Waals surface area contributed by atoms with Crippen LogP contribution in [0.3, 0.4) is 0 Å². The number of nitrogens with zero attached hydrogens (tertiary/aromatic N) is 3. The number of hydrogen-bond donors (Lipinski definition) is 1. The molecule has 0 saturated heterocycles. The van der Waals surface area contributed by atoms with Gasteiger partial charge < -0.3 is 19.4 Å². The fraction of sp³-hybridized carbons (Fsp3) is 0.231. The molecule has 0 spiro atoms. The van der Waals surface area contributed by atoms with Gasteiger partial charge in [0.15, 0.2) is 0 Å². The minimum atomic E-state index is -0.0743. The molecule has 0 aliphatic rings. The largest absolute Gasteiger partial charge is 0.487 e. The number of imidazole rings is 1. The molecule has 2 aromatic heterocycles. The van der Waals surface area contributed by atoms with E-state index in [1.54, 1.807) is 12.1 Å². The second kappa shape index (κ2) is 10.0. The van der Waals surface area contributed by atoms with Crippen LogP contribution in [-0.4, -0.2) is 35.4 Å². The zero-order valence-corrected chi connectivity index (χ0v) is 18.5. The Labute approximate surface area is 188 Å². The molecular formula is C26H28N4O2. The third kappa shape index (κ3) is 5.27. The maximum absolute atomic E-state index is 12.4. The first-order chi connectivity index (χ1) is 15.6. The molecule has 0 aliphatic heterocycles. The Hall–Kier alpha value is -3.80.